The molecule has 0 aliphatic carbocycles. The van der Waals surface area contributed by atoms with Gasteiger partial charge in [0.25, 0.3) is 0 Å². The van der Waals surface area contributed by atoms with Gasteiger partial charge in [-0.05, 0) is 31.0 Å². The number of nitrogens with one attached hydrogen (secondary N) is 2. The summed E-state index contributed by atoms with van der Waals surface area (Å²) in [5.41, 5.74) is 2.44. The number of piperazine rings is 1. The molecule has 3 unspecified atom stereocenters. The summed E-state index contributed by atoms with van der Waals surface area (Å²) in [4.78, 5) is 38.9. The lowest BCUT2D eigenvalue weighted by Crippen LogP contribution is -2.44. The lowest BCUT2D eigenvalue weighted by Gasteiger charge is -2.29. The van der Waals surface area contributed by atoms with E-state index < -0.39 is 11.9 Å². The molecule has 2 aromatic rings. The second kappa shape index (κ2) is 5.44. The van der Waals surface area contributed by atoms with Gasteiger partial charge >= 0.3 is 5.69 Å². The van der Waals surface area contributed by atoms with Crippen LogP contribution < -0.4 is 21.2 Å². The number of imidazole rings is 1. The predicted molar refractivity (Wildman–Crippen MR) is 96.1 cm³/mol. The molecule has 0 saturated carbocycles. The summed E-state index contributed by atoms with van der Waals surface area (Å²) < 4.78 is 3.12. The third kappa shape index (κ3) is 2.14. The SMILES string of the molecule is Cn1c(=O)n(C2CCC(=O)NC2=O)c2ccc(N3CC4CC3CN4)cc21. The maximum absolute atomic E-state index is 12.8. The first-order valence-electron chi connectivity index (χ1n) is 9.07. The zero-order chi connectivity index (χ0) is 18.0. The van der Waals surface area contributed by atoms with Crippen molar-refractivity contribution in [3.63, 3.8) is 0 Å². The smallest absolute Gasteiger partial charge is 0.329 e. The number of hydrogen-bond donors (Lipinski definition) is 2. The van der Waals surface area contributed by atoms with Gasteiger partial charge in [-0.25, -0.2) is 4.79 Å². The quantitative estimate of drug-likeness (QED) is 0.733. The number of imide groups is 1. The highest BCUT2D eigenvalue weighted by atomic mass is 16.2. The van der Waals surface area contributed by atoms with Crippen LogP contribution in [0.4, 0.5) is 5.69 Å². The number of benzene rings is 1. The Labute approximate surface area is 149 Å². The van der Waals surface area contributed by atoms with Crippen LogP contribution in [0, 0.1) is 0 Å². The van der Waals surface area contributed by atoms with Crippen LogP contribution in [0.3, 0.4) is 0 Å². The molecule has 1 aromatic heterocycles. The number of nitrogens with zero attached hydrogens (tertiary/aromatic N) is 3. The molecular weight excluding hydrogens is 334 g/mol. The molecule has 136 valence electrons. The van der Waals surface area contributed by atoms with E-state index in [2.05, 4.69) is 15.5 Å². The van der Waals surface area contributed by atoms with Crippen molar-refractivity contribution in [3.8, 4) is 0 Å². The van der Waals surface area contributed by atoms with Crippen LogP contribution in [-0.4, -0.2) is 46.1 Å². The van der Waals surface area contributed by atoms with Crippen molar-refractivity contribution >= 4 is 28.5 Å². The van der Waals surface area contributed by atoms with Gasteiger partial charge in [0, 0.05) is 44.3 Å². The van der Waals surface area contributed by atoms with Crippen LogP contribution in [-0.2, 0) is 16.6 Å². The van der Waals surface area contributed by atoms with Crippen LogP contribution in [0.1, 0.15) is 25.3 Å². The highest BCUT2D eigenvalue weighted by Crippen LogP contribution is 2.32. The number of aryl methyl sites for hydroxylation is 1. The summed E-state index contributed by atoms with van der Waals surface area (Å²) in [6, 6.07) is 6.42. The molecule has 0 spiro atoms. The summed E-state index contributed by atoms with van der Waals surface area (Å²) in [6.07, 6.45) is 1.77. The van der Waals surface area contributed by atoms with Crippen molar-refractivity contribution in [3.05, 3.63) is 28.7 Å². The fourth-order valence-corrected chi connectivity index (χ4v) is 4.64. The Balaban J connectivity index is 1.58. The van der Waals surface area contributed by atoms with Crippen molar-refractivity contribution in [2.24, 2.45) is 7.05 Å². The molecule has 5 rings (SSSR count). The first kappa shape index (κ1) is 15.6. The Morgan fingerprint density at radius 1 is 1.15 bits per heavy atom. The molecule has 2 bridgehead atoms. The average Bonchev–Trinajstić information content (AvgIpc) is 3.31. The molecular formula is C18H21N5O3. The zero-order valence-corrected chi connectivity index (χ0v) is 14.6. The minimum atomic E-state index is -0.637. The fourth-order valence-electron chi connectivity index (χ4n) is 4.64. The molecule has 3 aliphatic rings. The molecule has 3 aliphatic heterocycles. The van der Waals surface area contributed by atoms with E-state index in [0.29, 0.717) is 18.5 Å². The van der Waals surface area contributed by atoms with E-state index in [9.17, 15) is 14.4 Å². The van der Waals surface area contributed by atoms with Gasteiger partial charge in [0.2, 0.25) is 11.8 Å². The third-order valence-electron chi connectivity index (χ3n) is 5.98. The monoisotopic (exact) mass is 355 g/mol. The van der Waals surface area contributed by atoms with Gasteiger partial charge in [0.05, 0.1) is 11.0 Å². The first-order valence-corrected chi connectivity index (χ1v) is 9.07. The molecule has 3 saturated heterocycles. The number of fused-ring (bicyclic) bond motifs is 3. The van der Waals surface area contributed by atoms with Crippen LogP contribution in [0.15, 0.2) is 23.0 Å². The second-order valence-corrected chi connectivity index (χ2v) is 7.50. The van der Waals surface area contributed by atoms with E-state index in [0.717, 1.165) is 36.2 Å². The number of rotatable bonds is 2. The number of carbonyl (C=O) groups excluding carboxylic acids is 2. The molecule has 2 amide bonds. The highest BCUT2D eigenvalue weighted by molar-refractivity contribution is 6.00. The Hall–Kier alpha value is -2.61. The van der Waals surface area contributed by atoms with Gasteiger partial charge in [-0.1, -0.05) is 0 Å². The molecule has 1 aromatic carbocycles. The molecule has 3 atom stereocenters. The summed E-state index contributed by atoms with van der Waals surface area (Å²) in [6.45, 7) is 1.98. The van der Waals surface area contributed by atoms with Crippen LogP contribution in [0.25, 0.3) is 11.0 Å². The molecule has 4 heterocycles. The van der Waals surface area contributed by atoms with Crippen molar-refractivity contribution in [1.29, 1.82) is 0 Å². The van der Waals surface area contributed by atoms with Crippen molar-refractivity contribution in [2.45, 2.75) is 37.4 Å². The molecule has 0 radical (unpaired) electrons. The summed E-state index contributed by atoms with van der Waals surface area (Å²) >= 11 is 0. The maximum atomic E-state index is 12.8. The highest BCUT2D eigenvalue weighted by Gasteiger charge is 2.38. The number of piperidine rings is 1. The normalized spacial score (nSPS) is 28.2. The van der Waals surface area contributed by atoms with E-state index in [-0.39, 0.29) is 18.0 Å². The Morgan fingerprint density at radius 3 is 2.69 bits per heavy atom. The van der Waals surface area contributed by atoms with E-state index >= 15 is 0 Å². The number of hydrogen-bond acceptors (Lipinski definition) is 5. The molecule has 3 fully saturated rings. The first-order chi connectivity index (χ1) is 12.5. The number of carbonyl (C=O) groups is 2. The van der Waals surface area contributed by atoms with Crippen LogP contribution in [0.5, 0.6) is 0 Å². The lowest BCUT2D eigenvalue weighted by molar-refractivity contribution is -0.135. The fraction of sp³-hybridized carbons (Fsp3) is 0.500. The number of amides is 2. The minimum Gasteiger partial charge on any atom is -0.366 e. The minimum absolute atomic E-state index is 0.226. The predicted octanol–water partition coefficient (Wildman–Crippen LogP) is -0.132. The maximum Gasteiger partial charge on any atom is 0.329 e. The standard InChI is InChI=1S/C18H21N5O3/c1-21-15-7-11(22-9-10-6-12(22)8-19-10)2-3-13(15)23(18(21)26)14-4-5-16(24)20-17(14)25/h2-3,7,10,12,14,19H,4-6,8-9H2,1H3,(H,20,24,25). The average molecular weight is 355 g/mol. The Morgan fingerprint density at radius 2 is 2.00 bits per heavy atom. The number of anilines is 1. The van der Waals surface area contributed by atoms with Gasteiger partial charge < -0.3 is 10.2 Å². The summed E-state index contributed by atoms with van der Waals surface area (Å²) in [7, 11) is 1.73. The van der Waals surface area contributed by atoms with E-state index in [1.807, 2.05) is 18.2 Å². The van der Waals surface area contributed by atoms with Gasteiger partial charge in [-0.3, -0.25) is 24.0 Å². The van der Waals surface area contributed by atoms with Crippen molar-refractivity contribution in [1.82, 2.24) is 19.8 Å². The van der Waals surface area contributed by atoms with Gasteiger partial charge in [-0.15, -0.1) is 0 Å². The Kier molecular flexibility index (Phi) is 3.27. The van der Waals surface area contributed by atoms with Gasteiger partial charge in [0.1, 0.15) is 6.04 Å². The third-order valence-corrected chi connectivity index (χ3v) is 5.98. The largest absolute Gasteiger partial charge is 0.366 e. The molecule has 8 heteroatoms. The number of aromatic nitrogens is 2. The second-order valence-electron chi connectivity index (χ2n) is 7.50. The van der Waals surface area contributed by atoms with E-state index in [1.54, 1.807) is 11.6 Å². The van der Waals surface area contributed by atoms with Gasteiger partial charge in [0.15, 0.2) is 0 Å². The van der Waals surface area contributed by atoms with Crippen LogP contribution in [0.2, 0.25) is 0 Å². The molecule has 26 heavy (non-hydrogen) atoms. The van der Waals surface area contributed by atoms with E-state index in [1.165, 1.54) is 4.57 Å². The van der Waals surface area contributed by atoms with E-state index in [4.69, 9.17) is 0 Å². The molecule has 2 N–H and O–H groups in total. The Bertz CT molecular complexity index is 991. The topological polar surface area (TPSA) is 88.4 Å². The summed E-state index contributed by atoms with van der Waals surface area (Å²) in [5, 5.41) is 5.84. The molecule has 8 nitrogen and oxygen atoms in total. The van der Waals surface area contributed by atoms with Gasteiger partial charge in [-0.2, -0.15) is 0 Å². The van der Waals surface area contributed by atoms with Crippen molar-refractivity contribution in [2.75, 3.05) is 18.0 Å². The van der Waals surface area contributed by atoms with Crippen molar-refractivity contribution < 1.29 is 9.59 Å². The van der Waals surface area contributed by atoms with Crippen LogP contribution >= 0.6 is 0 Å². The summed E-state index contributed by atoms with van der Waals surface area (Å²) in [5.74, 6) is -0.678. The zero-order valence-electron chi connectivity index (χ0n) is 14.6. The lowest BCUT2D eigenvalue weighted by atomic mass is 10.1.